The molecule has 2 aromatic carbocycles. The van der Waals surface area contributed by atoms with Gasteiger partial charge in [0.05, 0.1) is 24.9 Å². The lowest BCUT2D eigenvalue weighted by Gasteiger charge is -2.25. The van der Waals surface area contributed by atoms with Crippen LogP contribution in [0.4, 0.5) is 0 Å². The molecule has 1 unspecified atom stereocenters. The summed E-state index contributed by atoms with van der Waals surface area (Å²) in [6.45, 7) is 0.605. The number of hydrogen-bond donors (Lipinski definition) is 0. The summed E-state index contributed by atoms with van der Waals surface area (Å²) in [5.41, 5.74) is 0.925. The van der Waals surface area contributed by atoms with E-state index in [1.54, 1.807) is 55.5 Å². The number of aryl methyl sites for hydroxylation is 1. The summed E-state index contributed by atoms with van der Waals surface area (Å²) in [6.07, 6.45) is 2.38. The first-order valence-electron chi connectivity index (χ1n) is 9.73. The zero-order valence-electron chi connectivity index (χ0n) is 16.8. The molecule has 0 saturated carbocycles. The van der Waals surface area contributed by atoms with E-state index < -0.39 is 9.84 Å². The Morgan fingerprint density at radius 2 is 1.86 bits per heavy atom. The van der Waals surface area contributed by atoms with Gasteiger partial charge in [-0.15, -0.1) is 0 Å². The molecule has 0 aromatic heterocycles. The SMILES string of the molecule is COc1ccc(CCC(=O)N2CCCC2CS(=O)(=O)c2ccccc2)c(OC)c1. The minimum absolute atomic E-state index is 0.0198. The normalized spacial score (nSPS) is 16.6. The van der Waals surface area contributed by atoms with Crippen molar-refractivity contribution in [2.75, 3.05) is 26.5 Å². The van der Waals surface area contributed by atoms with E-state index in [4.69, 9.17) is 9.47 Å². The van der Waals surface area contributed by atoms with Crippen LogP contribution in [-0.2, 0) is 21.1 Å². The van der Waals surface area contributed by atoms with E-state index in [0.717, 1.165) is 12.0 Å². The molecule has 29 heavy (non-hydrogen) atoms. The Labute approximate surface area is 172 Å². The maximum absolute atomic E-state index is 12.8. The summed E-state index contributed by atoms with van der Waals surface area (Å²) in [4.78, 5) is 14.9. The van der Waals surface area contributed by atoms with Gasteiger partial charge in [0.15, 0.2) is 9.84 Å². The molecule has 7 heteroatoms. The van der Waals surface area contributed by atoms with Crippen molar-refractivity contribution in [2.45, 2.75) is 36.6 Å². The number of amides is 1. The zero-order valence-corrected chi connectivity index (χ0v) is 17.7. The number of sulfone groups is 1. The lowest BCUT2D eigenvalue weighted by molar-refractivity contribution is -0.131. The van der Waals surface area contributed by atoms with Crippen molar-refractivity contribution in [3.63, 3.8) is 0 Å². The Morgan fingerprint density at radius 3 is 2.55 bits per heavy atom. The molecule has 1 fully saturated rings. The highest BCUT2D eigenvalue weighted by atomic mass is 32.2. The van der Waals surface area contributed by atoms with Gasteiger partial charge in [0, 0.05) is 25.1 Å². The number of rotatable bonds is 8. The van der Waals surface area contributed by atoms with Crippen LogP contribution in [0.25, 0.3) is 0 Å². The van der Waals surface area contributed by atoms with Crippen LogP contribution < -0.4 is 9.47 Å². The largest absolute Gasteiger partial charge is 0.497 e. The molecule has 1 aliphatic heterocycles. The van der Waals surface area contributed by atoms with Crippen LogP contribution in [0.15, 0.2) is 53.4 Å². The van der Waals surface area contributed by atoms with Crippen LogP contribution in [0.2, 0.25) is 0 Å². The number of hydrogen-bond acceptors (Lipinski definition) is 5. The number of nitrogens with zero attached hydrogens (tertiary/aromatic N) is 1. The third-order valence-electron chi connectivity index (χ3n) is 5.31. The first-order valence-corrected chi connectivity index (χ1v) is 11.4. The van der Waals surface area contributed by atoms with Crippen molar-refractivity contribution < 1.29 is 22.7 Å². The molecule has 1 saturated heterocycles. The van der Waals surface area contributed by atoms with E-state index in [1.165, 1.54) is 0 Å². The molecule has 0 bridgehead atoms. The lowest BCUT2D eigenvalue weighted by atomic mass is 10.1. The molecule has 3 rings (SSSR count). The average molecular weight is 418 g/mol. The Morgan fingerprint density at radius 1 is 1.10 bits per heavy atom. The van der Waals surface area contributed by atoms with Crippen molar-refractivity contribution in [2.24, 2.45) is 0 Å². The van der Waals surface area contributed by atoms with Gasteiger partial charge in [0.2, 0.25) is 5.91 Å². The third-order valence-corrected chi connectivity index (χ3v) is 7.13. The maximum Gasteiger partial charge on any atom is 0.223 e. The number of benzene rings is 2. The summed E-state index contributed by atoms with van der Waals surface area (Å²) >= 11 is 0. The fourth-order valence-corrected chi connectivity index (χ4v) is 5.38. The topological polar surface area (TPSA) is 72.9 Å². The van der Waals surface area contributed by atoms with Gasteiger partial charge in [0.1, 0.15) is 11.5 Å². The zero-order chi connectivity index (χ0) is 20.9. The quantitative estimate of drug-likeness (QED) is 0.660. The smallest absolute Gasteiger partial charge is 0.223 e. The van der Waals surface area contributed by atoms with E-state index in [1.807, 2.05) is 12.1 Å². The lowest BCUT2D eigenvalue weighted by Crippen LogP contribution is -2.39. The number of carbonyl (C=O) groups is 1. The van der Waals surface area contributed by atoms with E-state index in [-0.39, 0.29) is 17.7 Å². The third kappa shape index (κ3) is 5.09. The van der Waals surface area contributed by atoms with Gasteiger partial charge < -0.3 is 14.4 Å². The molecule has 0 aliphatic carbocycles. The molecule has 0 radical (unpaired) electrons. The Kier molecular flexibility index (Phi) is 6.79. The standard InChI is InChI=1S/C22H27NO5S/c1-27-19-12-10-17(21(15-19)28-2)11-13-22(24)23-14-6-7-18(23)16-29(25,26)20-8-4-3-5-9-20/h3-5,8-10,12,15,18H,6-7,11,13-14,16H2,1-2H3. The van der Waals surface area contributed by atoms with Gasteiger partial charge in [-0.05, 0) is 43.0 Å². The van der Waals surface area contributed by atoms with Crippen molar-refractivity contribution in [1.82, 2.24) is 4.90 Å². The van der Waals surface area contributed by atoms with Gasteiger partial charge >= 0.3 is 0 Å². The summed E-state index contributed by atoms with van der Waals surface area (Å²) in [5.74, 6) is 1.33. The Balaban J connectivity index is 1.65. The van der Waals surface area contributed by atoms with Crippen molar-refractivity contribution >= 4 is 15.7 Å². The molecule has 2 aromatic rings. The van der Waals surface area contributed by atoms with Crippen LogP contribution in [-0.4, -0.2) is 51.8 Å². The Bertz CT molecular complexity index is 943. The second-order valence-electron chi connectivity index (χ2n) is 7.16. The summed E-state index contributed by atoms with van der Waals surface area (Å²) in [6, 6.07) is 13.7. The fraction of sp³-hybridized carbons (Fsp3) is 0.409. The number of likely N-dealkylation sites (tertiary alicyclic amines) is 1. The predicted octanol–water partition coefficient (Wildman–Crippen LogP) is 3.10. The second-order valence-corrected chi connectivity index (χ2v) is 9.19. The van der Waals surface area contributed by atoms with Crippen LogP contribution in [0.3, 0.4) is 0 Å². The second kappa shape index (κ2) is 9.31. The summed E-state index contributed by atoms with van der Waals surface area (Å²) in [7, 11) is -0.243. The first kappa shape index (κ1) is 21.2. The number of carbonyl (C=O) groups excluding carboxylic acids is 1. The maximum atomic E-state index is 12.8. The first-order chi connectivity index (χ1) is 13.9. The Hall–Kier alpha value is -2.54. The highest BCUT2D eigenvalue weighted by Crippen LogP contribution is 2.27. The predicted molar refractivity (Wildman–Crippen MR) is 111 cm³/mol. The molecule has 6 nitrogen and oxygen atoms in total. The van der Waals surface area contributed by atoms with Gasteiger partial charge in [-0.3, -0.25) is 4.79 Å². The summed E-state index contributed by atoms with van der Waals surface area (Å²) < 4.78 is 36.0. The summed E-state index contributed by atoms with van der Waals surface area (Å²) in [5, 5.41) is 0. The van der Waals surface area contributed by atoms with Crippen molar-refractivity contribution in [1.29, 1.82) is 0 Å². The molecule has 0 N–H and O–H groups in total. The molecular weight excluding hydrogens is 390 g/mol. The minimum atomic E-state index is -3.42. The number of ether oxygens (including phenoxy) is 2. The van der Waals surface area contributed by atoms with Gasteiger partial charge in [-0.2, -0.15) is 0 Å². The van der Waals surface area contributed by atoms with Gasteiger partial charge in [0.25, 0.3) is 0 Å². The molecule has 1 heterocycles. The average Bonchev–Trinajstić information content (AvgIpc) is 3.20. The fourth-order valence-electron chi connectivity index (χ4n) is 3.76. The van der Waals surface area contributed by atoms with Crippen molar-refractivity contribution in [3.05, 3.63) is 54.1 Å². The van der Waals surface area contributed by atoms with Crippen LogP contribution >= 0.6 is 0 Å². The molecular formula is C22H27NO5S. The van der Waals surface area contributed by atoms with Crippen LogP contribution in [0.1, 0.15) is 24.8 Å². The van der Waals surface area contributed by atoms with Crippen LogP contribution in [0, 0.1) is 0 Å². The van der Waals surface area contributed by atoms with Gasteiger partial charge in [-0.1, -0.05) is 24.3 Å². The highest BCUT2D eigenvalue weighted by molar-refractivity contribution is 7.91. The molecule has 156 valence electrons. The monoisotopic (exact) mass is 417 g/mol. The minimum Gasteiger partial charge on any atom is -0.497 e. The van der Waals surface area contributed by atoms with Gasteiger partial charge in [-0.25, -0.2) is 8.42 Å². The van der Waals surface area contributed by atoms with E-state index in [9.17, 15) is 13.2 Å². The molecule has 1 aliphatic rings. The molecule has 1 atom stereocenters. The van der Waals surface area contributed by atoms with Crippen LogP contribution in [0.5, 0.6) is 11.5 Å². The van der Waals surface area contributed by atoms with Crippen molar-refractivity contribution in [3.8, 4) is 11.5 Å². The van der Waals surface area contributed by atoms with E-state index >= 15 is 0 Å². The highest BCUT2D eigenvalue weighted by Gasteiger charge is 2.32. The molecule has 0 spiro atoms. The van der Waals surface area contributed by atoms with E-state index in [2.05, 4.69) is 0 Å². The molecule has 1 amide bonds. The van der Waals surface area contributed by atoms with E-state index in [0.29, 0.717) is 42.2 Å². The number of methoxy groups -OCH3 is 2.